The van der Waals surface area contributed by atoms with E-state index in [1.54, 1.807) is 19.2 Å². The van der Waals surface area contributed by atoms with Gasteiger partial charge in [0.15, 0.2) is 0 Å². The van der Waals surface area contributed by atoms with Crippen molar-refractivity contribution in [3.05, 3.63) is 54.3 Å². The molecule has 0 unspecified atom stereocenters. The van der Waals surface area contributed by atoms with Crippen LogP contribution in [0.4, 0.5) is 5.82 Å². The van der Waals surface area contributed by atoms with Crippen LogP contribution in [0.2, 0.25) is 0 Å². The second kappa shape index (κ2) is 8.01. The summed E-state index contributed by atoms with van der Waals surface area (Å²) in [6.07, 6.45) is 1.63. The third kappa shape index (κ3) is 4.34. The van der Waals surface area contributed by atoms with Crippen molar-refractivity contribution < 1.29 is 4.79 Å². The van der Waals surface area contributed by atoms with E-state index in [1.165, 1.54) is 4.68 Å². The minimum Gasteiger partial charge on any atom is -0.308 e. The largest absolute Gasteiger partial charge is 0.308 e. The van der Waals surface area contributed by atoms with E-state index in [9.17, 15) is 9.59 Å². The highest BCUT2D eigenvalue weighted by molar-refractivity contribution is 14.1. The molecular weight excluding hydrogens is 525 g/mol. The fraction of sp³-hybridized carbons (Fsp3) is 0.278. The third-order valence-electron chi connectivity index (χ3n) is 3.91. The SMILES string of the molecule is Cc1ncc(I)c(NC(=O)Cn2nc(C(C)C)c3cc(Br)ccc3c2=O)n1. The molecule has 0 aliphatic rings. The summed E-state index contributed by atoms with van der Waals surface area (Å²) in [6.45, 7) is 5.56. The molecule has 140 valence electrons. The molecule has 1 N–H and O–H groups in total. The molecule has 0 atom stereocenters. The Labute approximate surface area is 177 Å². The minimum atomic E-state index is -0.369. The number of carbonyl (C=O) groups excluding carboxylic acids is 1. The molecule has 0 spiro atoms. The van der Waals surface area contributed by atoms with Crippen molar-refractivity contribution in [2.24, 2.45) is 0 Å². The fourth-order valence-electron chi connectivity index (χ4n) is 2.67. The van der Waals surface area contributed by atoms with Gasteiger partial charge in [0.25, 0.3) is 5.56 Å². The molecule has 0 radical (unpaired) electrons. The van der Waals surface area contributed by atoms with E-state index < -0.39 is 0 Å². The molecule has 0 fully saturated rings. The van der Waals surface area contributed by atoms with Gasteiger partial charge in [0, 0.05) is 16.1 Å². The quantitative estimate of drug-likeness (QED) is 0.509. The molecule has 2 heterocycles. The van der Waals surface area contributed by atoms with E-state index in [0.29, 0.717) is 17.0 Å². The molecule has 2 aromatic heterocycles. The Balaban J connectivity index is 1.98. The Morgan fingerprint density at radius 3 is 2.78 bits per heavy atom. The predicted octanol–water partition coefficient (Wildman–Crippen LogP) is 3.62. The number of amides is 1. The van der Waals surface area contributed by atoms with Crippen LogP contribution in [0.15, 0.2) is 33.7 Å². The number of anilines is 1. The first-order valence-corrected chi connectivity index (χ1v) is 10.1. The van der Waals surface area contributed by atoms with Crippen molar-refractivity contribution in [2.45, 2.75) is 33.2 Å². The van der Waals surface area contributed by atoms with Gasteiger partial charge in [-0.25, -0.2) is 14.6 Å². The average molecular weight is 542 g/mol. The van der Waals surface area contributed by atoms with Crippen LogP contribution in [-0.2, 0) is 11.3 Å². The summed E-state index contributed by atoms with van der Waals surface area (Å²) >= 11 is 5.48. The minimum absolute atomic E-state index is 0.0992. The maximum absolute atomic E-state index is 12.8. The molecule has 0 saturated carbocycles. The lowest BCUT2D eigenvalue weighted by molar-refractivity contribution is -0.117. The van der Waals surface area contributed by atoms with Crippen LogP contribution in [0, 0.1) is 10.5 Å². The molecule has 3 rings (SSSR count). The summed E-state index contributed by atoms with van der Waals surface area (Å²) in [5.41, 5.74) is 0.469. The predicted molar refractivity (Wildman–Crippen MR) is 116 cm³/mol. The highest BCUT2D eigenvalue weighted by Gasteiger charge is 2.16. The molecule has 0 saturated heterocycles. The lowest BCUT2D eigenvalue weighted by atomic mass is 10.0. The van der Waals surface area contributed by atoms with Crippen LogP contribution in [-0.4, -0.2) is 25.7 Å². The van der Waals surface area contributed by atoms with E-state index in [4.69, 9.17) is 0 Å². The van der Waals surface area contributed by atoms with Gasteiger partial charge in [-0.2, -0.15) is 5.10 Å². The Hall–Kier alpha value is -1.88. The fourth-order valence-corrected chi connectivity index (χ4v) is 3.42. The van der Waals surface area contributed by atoms with Crippen LogP contribution in [0.25, 0.3) is 10.8 Å². The van der Waals surface area contributed by atoms with Crippen LogP contribution < -0.4 is 10.9 Å². The third-order valence-corrected chi connectivity index (χ3v) is 5.20. The van der Waals surface area contributed by atoms with Crippen LogP contribution in [0.3, 0.4) is 0 Å². The summed E-state index contributed by atoms with van der Waals surface area (Å²) in [4.78, 5) is 33.6. The number of hydrogen-bond donors (Lipinski definition) is 1. The first-order chi connectivity index (χ1) is 12.8. The van der Waals surface area contributed by atoms with E-state index in [-0.39, 0.29) is 23.9 Å². The van der Waals surface area contributed by atoms with E-state index >= 15 is 0 Å². The number of nitrogens with one attached hydrogen (secondary N) is 1. The molecule has 1 amide bonds. The number of rotatable bonds is 4. The van der Waals surface area contributed by atoms with Crippen LogP contribution in [0.5, 0.6) is 0 Å². The number of halogens is 2. The number of aromatic nitrogens is 4. The second-order valence-electron chi connectivity index (χ2n) is 6.35. The van der Waals surface area contributed by atoms with Gasteiger partial charge in [-0.15, -0.1) is 0 Å². The first kappa shape index (κ1) is 19.9. The number of benzene rings is 1. The standard InChI is InChI=1S/C18H17BrIN5O2/c1-9(2)16-13-6-11(19)4-5-12(13)18(27)25(24-16)8-15(26)23-17-14(20)7-21-10(3)22-17/h4-7,9H,8H2,1-3H3,(H,21,22,23,26). The first-order valence-electron chi connectivity index (χ1n) is 8.25. The highest BCUT2D eigenvalue weighted by atomic mass is 127. The normalized spacial score (nSPS) is 11.2. The van der Waals surface area contributed by atoms with Crippen molar-refractivity contribution in [1.82, 2.24) is 19.7 Å². The van der Waals surface area contributed by atoms with Crippen molar-refractivity contribution in [3.63, 3.8) is 0 Å². The van der Waals surface area contributed by atoms with Crippen molar-refractivity contribution in [3.8, 4) is 0 Å². The zero-order valence-electron chi connectivity index (χ0n) is 15.0. The van der Waals surface area contributed by atoms with Gasteiger partial charge in [-0.3, -0.25) is 9.59 Å². The van der Waals surface area contributed by atoms with Gasteiger partial charge < -0.3 is 5.32 Å². The Kier molecular flexibility index (Phi) is 5.89. The maximum atomic E-state index is 12.8. The van der Waals surface area contributed by atoms with E-state index in [0.717, 1.165) is 19.1 Å². The molecular formula is C18H17BrIN5O2. The molecule has 1 aromatic carbocycles. The summed E-state index contributed by atoms with van der Waals surface area (Å²) in [5, 5.41) is 8.51. The number of fused-ring (bicyclic) bond motifs is 1. The van der Waals surface area contributed by atoms with Crippen molar-refractivity contribution in [1.29, 1.82) is 0 Å². The highest BCUT2D eigenvalue weighted by Crippen LogP contribution is 2.24. The maximum Gasteiger partial charge on any atom is 0.275 e. The van der Waals surface area contributed by atoms with E-state index in [1.807, 2.05) is 48.6 Å². The van der Waals surface area contributed by atoms with Crippen LogP contribution >= 0.6 is 38.5 Å². The second-order valence-corrected chi connectivity index (χ2v) is 8.43. The summed E-state index contributed by atoms with van der Waals surface area (Å²) in [7, 11) is 0. The number of nitrogens with zero attached hydrogens (tertiary/aromatic N) is 4. The lowest BCUT2D eigenvalue weighted by Crippen LogP contribution is -2.31. The smallest absolute Gasteiger partial charge is 0.275 e. The Morgan fingerprint density at radius 2 is 2.07 bits per heavy atom. The molecule has 7 nitrogen and oxygen atoms in total. The number of hydrogen-bond acceptors (Lipinski definition) is 5. The molecule has 27 heavy (non-hydrogen) atoms. The lowest BCUT2D eigenvalue weighted by Gasteiger charge is -2.13. The number of aryl methyl sites for hydroxylation is 1. The van der Waals surface area contributed by atoms with Gasteiger partial charge in [0.1, 0.15) is 18.2 Å². The van der Waals surface area contributed by atoms with Gasteiger partial charge >= 0.3 is 0 Å². The zero-order chi connectivity index (χ0) is 19.7. The van der Waals surface area contributed by atoms with Gasteiger partial charge in [-0.1, -0.05) is 29.8 Å². The van der Waals surface area contributed by atoms with Gasteiger partial charge in [0.05, 0.1) is 14.7 Å². The molecule has 0 bridgehead atoms. The molecule has 0 aliphatic heterocycles. The van der Waals surface area contributed by atoms with Crippen LogP contribution in [0.1, 0.15) is 31.3 Å². The van der Waals surface area contributed by atoms with Gasteiger partial charge in [-0.05, 0) is 53.6 Å². The van der Waals surface area contributed by atoms with Gasteiger partial charge in [0.2, 0.25) is 5.91 Å². The van der Waals surface area contributed by atoms with Crippen molar-refractivity contribution in [2.75, 3.05) is 5.32 Å². The summed E-state index contributed by atoms with van der Waals surface area (Å²) < 4.78 is 2.81. The summed E-state index contributed by atoms with van der Waals surface area (Å²) in [6, 6.07) is 5.44. The molecule has 0 aliphatic carbocycles. The Morgan fingerprint density at radius 1 is 1.33 bits per heavy atom. The summed E-state index contributed by atoms with van der Waals surface area (Å²) in [5.74, 6) is 0.711. The molecule has 3 aromatic rings. The number of carbonyl (C=O) groups is 1. The van der Waals surface area contributed by atoms with Crippen molar-refractivity contribution >= 4 is 61.0 Å². The topological polar surface area (TPSA) is 89.8 Å². The molecule has 9 heteroatoms. The Bertz CT molecular complexity index is 1100. The van der Waals surface area contributed by atoms with E-state index in [2.05, 4.69) is 36.3 Å². The monoisotopic (exact) mass is 541 g/mol. The average Bonchev–Trinajstić information content (AvgIpc) is 2.60. The zero-order valence-corrected chi connectivity index (χ0v) is 18.7.